The molecule has 2 aromatic heterocycles. The Balaban J connectivity index is 1.60. The van der Waals surface area contributed by atoms with E-state index in [0.29, 0.717) is 5.56 Å². The first-order valence-electron chi connectivity index (χ1n) is 13.4. The molecule has 0 saturated carbocycles. The van der Waals surface area contributed by atoms with E-state index in [1.165, 1.54) is 29.2 Å². The predicted molar refractivity (Wildman–Crippen MR) is 151 cm³/mol. The highest BCUT2D eigenvalue weighted by Crippen LogP contribution is 2.44. The van der Waals surface area contributed by atoms with E-state index in [0.717, 1.165) is 16.8 Å². The molecule has 44 heavy (non-hydrogen) atoms. The van der Waals surface area contributed by atoms with Crippen molar-refractivity contribution in [1.82, 2.24) is 15.1 Å². The third-order valence-corrected chi connectivity index (χ3v) is 6.56. The lowest BCUT2D eigenvalue weighted by Crippen LogP contribution is -2.40. The van der Waals surface area contributed by atoms with Crippen LogP contribution in [0.4, 0.5) is 18.9 Å². The number of fused-ring (bicyclic) bond motifs is 2. The van der Waals surface area contributed by atoms with Crippen molar-refractivity contribution in [3.05, 3.63) is 69.5 Å². The third kappa shape index (κ3) is 5.81. The van der Waals surface area contributed by atoms with E-state index in [2.05, 4.69) is 19.9 Å². The normalized spacial score (nSPS) is 13.5. The first-order chi connectivity index (χ1) is 20.6. The second-order valence-electron chi connectivity index (χ2n) is 11.1. The Labute approximate surface area is 248 Å². The second kappa shape index (κ2) is 10.7. The number of aromatic nitrogens is 2. The molecule has 0 saturated heterocycles. The van der Waals surface area contributed by atoms with Crippen LogP contribution >= 0.6 is 0 Å². The van der Waals surface area contributed by atoms with Gasteiger partial charge in [0.05, 0.1) is 22.7 Å². The van der Waals surface area contributed by atoms with E-state index < -0.39 is 41.6 Å². The number of hydrogen-bond acceptors (Lipinski definition) is 8. The number of benzene rings is 2. The van der Waals surface area contributed by atoms with Crippen LogP contribution in [-0.4, -0.2) is 40.0 Å². The largest absolute Gasteiger partial charge is 0.586 e. The summed E-state index contributed by atoms with van der Waals surface area (Å²) in [5, 5.41) is 16.3. The van der Waals surface area contributed by atoms with Crippen molar-refractivity contribution in [3.8, 4) is 28.8 Å². The van der Waals surface area contributed by atoms with Crippen LogP contribution in [0.1, 0.15) is 49.4 Å². The van der Waals surface area contributed by atoms with Crippen LogP contribution < -0.4 is 25.2 Å². The molecule has 0 radical (unpaired) electrons. The van der Waals surface area contributed by atoms with E-state index in [-0.39, 0.29) is 57.3 Å². The van der Waals surface area contributed by atoms with Gasteiger partial charge in [-0.15, -0.1) is 8.78 Å². The zero-order valence-corrected chi connectivity index (χ0v) is 24.3. The molecule has 2 amide bonds. The average Bonchev–Trinajstić information content (AvgIpc) is 3.50. The summed E-state index contributed by atoms with van der Waals surface area (Å²) in [4.78, 5) is 41.3. The Kier molecular flexibility index (Phi) is 7.36. The van der Waals surface area contributed by atoms with E-state index in [1.54, 1.807) is 34.6 Å². The minimum absolute atomic E-state index is 0.0398. The molecule has 1 N–H and O–H groups in total. The van der Waals surface area contributed by atoms with Crippen molar-refractivity contribution >= 4 is 28.5 Å². The number of likely N-dealkylation sites (N-methyl/N-ethyl adjacent to an activating group) is 1. The molecule has 11 nitrogen and oxygen atoms in total. The fourth-order valence-electron chi connectivity index (χ4n) is 4.75. The number of halogens is 3. The highest BCUT2D eigenvalue weighted by molar-refractivity contribution is 5.99. The Morgan fingerprint density at radius 2 is 1.80 bits per heavy atom. The fraction of sp³-hybridized carbons (Fsp3) is 0.300. The summed E-state index contributed by atoms with van der Waals surface area (Å²) in [6, 6.07) is 9.00. The van der Waals surface area contributed by atoms with E-state index in [9.17, 15) is 32.8 Å². The van der Waals surface area contributed by atoms with Gasteiger partial charge in [0, 0.05) is 29.8 Å². The molecule has 228 valence electrons. The average molecular weight is 610 g/mol. The molecule has 0 bridgehead atoms. The predicted octanol–water partition coefficient (Wildman–Crippen LogP) is 4.88. The zero-order chi connectivity index (χ0) is 32.1. The summed E-state index contributed by atoms with van der Waals surface area (Å²) in [6.07, 6.45) is -3.85. The number of nitriles is 1. The van der Waals surface area contributed by atoms with Crippen LogP contribution in [0.2, 0.25) is 0 Å². The highest BCUT2D eigenvalue weighted by Gasteiger charge is 2.44. The second-order valence-corrected chi connectivity index (χ2v) is 11.1. The summed E-state index contributed by atoms with van der Waals surface area (Å²) in [5.41, 5.74) is -0.988. The van der Waals surface area contributed by atoms with Crippen LogP contribution in [0.5, 0.6) is 11.5 Å². The van der Waals surface area contributed by atoms with Crippen molar-refractivity contribution in [2.24, 2.45) is 0 Å². The van der Waals surface area contributed by atoms with E-state index in [4.69, 9.17) is 4.42 Å². The molecule has 14 heteroatoms. The maximum absolute atomic E-state index is 14.5. The lowest BCUT2D eigenvalue weighted by atomic mass is 10.1. The van der Waals surface area contributed by atoms with Gasteiger partial charge < -0.3 is 24.1 Å². The molecule has 0 unspecified atom stereocenters. The van der Waals surface area contributed by atoms with Gasteiger partial charge in [0.1, 0.15) is 18.1 Å². The van der Waals surface area contributed by atoms with E-state index >= 15 is 0 Å². The summed E-state index contributed by atoms with van der Waals surface area (Å²) < 4.78 is 57.3. The summed E-state index contributed by atoms with van der Waals surface area (Å²) in [7, 11) is 0. The summed E-state index contributed by atoms with van der Waals surface area (Å²) >= 11 is 0. The number of rotatable bonds is 6. The number of hydrogen-bond donors (Lipinski definition) is 1. The standard InChI is InChI=1S/C30H26F3N5O6/c1-6-37(20-12-22-21(7-15(20)2)43-30(32,33)44-22)24(39)14-38-28(41)19-11-23(27(40)35-29(3,4)5)42-26(19)25(36-38)17-8-16(13-34)9-18(31)10-17/h7-12H,6,14H2,1-5H3,(H,35,40). The number of anilines is 1. The molecule has 1 aliphatic rings. The topological polar surface area (TPSA) is 140 Å². The quantitative estimate of drug-likeness (QED) is 0.326. The Morgan fingerprint density at radius 3 is 2.43 bits per heavy atom. The SMILES string of the molecule is CCN(C(=O)Cn1nc(-c2cc(F)cc(C#N)c2)c2oc(C(=O)NC(C)(C)C)cc2c1=O)c1cc2c(cc1C)OC(F)(F)O2. The first kappa shape index (κ1) is 30.1. The third-order valence-electron chi connectivity index (χ3n) is 6.56. The number of aryl methyl sites for hydroxylation is 1. The number of alkyl halides is 2. The molecule has 1 aliphatic heterocycles. The highest BCUT2D eigenvalue weighted by atomic mass is 19.3. The van der Waals surface area contributed by atoms with Gasteiger partial charge in [-0.1, -0.05) is 0 Å². The monoisotopic (exact) mass is 609 g/mol. The fourth-order valence-corrected chi connectivity index (χ4v) is 4.75. The molecule has 0 aliphatic carbocycles. The molecular formula is C30H26F3N5O6. The molecule has 2 aromatic carbocycles. The van der Waals surface area contributed by atoms with Gasteiger partial charge >= 0.3 is 6.29 Å². The number of amides is 2. The summed E-state index contributed by atoms with van der Waals surface area (Å²) in [6.45, 7) is 7.94. The Bertz CT molecular complexity index is 1940. The van der Waals surface area contributed by atoms with Crippen LogP contribution in [0, 0.1) is 24.1 Å². The van der Waals surface area contributed by atoms with Crippen molar-refractivity contribution in [2.45, 2.75) is 53.0 Å². The van der Waals surface area contributed by atoms with Crippen molar-refractivity contribution in [3.63, 3.8) is 0 Å². The molecule has 4 aromatic rings. The molecule has 3 heterocycles. The van der Waals surface area contributed by atoms with Crippen molar-refractivity contribution in [1.29, 1.82) is 5.26 Å². The number of nitrogens with one attached hydrogen (secondary N) is 1. The molecule has 0 fully saturated rings. The minimum Gasteiger partial charge on any atom is -0.448 e. The smallest absolute Gasteiger partial charge is 0.448 e. The first-order valence-corrected chi connectivity index (χ1v) is 13.4. The van der Waals surface area contributed by atoms with Crippen LogP contribution in [-0.2, 0) is 11.3 Å². The number of ether oxygens (including phenoxy) is 2. The molecule has 5 rings (SSSR count). The zero-order valence-electron chi connectivity index (χ0n) is 24.3. The van der Waals surface area contributed by atoms with Gasteiger partial charge in [0.2, 0.25) is 5.91 Å². The minimum atomic E-state index is -3.85. The van der Waals surface area contributed by atoms with Crippen LogP contribution in [0.15, 0.2) is 45.6 Å². The molecule has 0 spiro atoms. The lowest BCUT2D eigenvalue weighted by molar-refractivity contribution is -0.286. The molecular weight excluding hydrogens is 583 g/mol. The van der Waals surface area contributed by atoms with Crippen molar-refractivity contribution in [2.75, 3.05) is 11.4 Å². The van der Waals surface area contributed by atoms with Gasteiger partial charge in [-0.25, -0.2) is 9.07 Å². The number of carbonyl (C=O) groups excluding carboxylic acids is 2. The van der Waals surface area contributed by atoms with Gasteiger partial charge in [-0.2, -0.15) is 10.4 Å². The van der Waals surface area contributed by atoms with Gasteiger partial charge in [-0.3, -0.25) is 14.4 Å². The van der Waals surface area contributed by atoms with Gasteiger partial charge in [0.15, 0.2) is 22.8 Å². The van der Waals surface area contributed by atoms with Crippen molar-refractivity contribution < 1.29 is 36.7 Å². The Morgan fingerprint density at radius 1 is 1.11 bits per heavy atom. The lowest BCUT2D eigenvalue weighted by Gasteiger charge is -2.23. The van der Waals surface area contributed by atoms with E-state index in [1.807, 2.05) is 6.07 Å². The number of nitrogens with zero attached hydrogens (tertiary/aromatic N) is 4. The van der Waals surface area contributed by atoms with Crippen LogP contribution in [0.3, 0.4) is 0 Å². The summed E-state index contributed by atoms with van der Waals surface area (Å²) in [5.74, 6) is -2.71. The van der Waals surface area contributed by atoms with Gasteiger partial charge in [-0.05, 0) is 64.4 Å². The van der Waals surface area contributed by atoms with Crippen LogP contribution in [0.25, 0.3) is 22.2 Å². The maximum Gasteiger partial charge on any atom is 0.586 e. The maximum atomic E-state index is 14.5. The number of carbonyl (C=O) groups is 2. The van der Waals surface area contributed by atoms with Gasteiger partial charge in [0.25, 0.3) is 11.5 Å². The molecule has 0 atom stereocenters. The Hall–Kier alpha value is -5.32. The number of furan rings is 1.